The summed E-state index contributed by atoms with van der Waals surface area (Å²) in [6.45, 7) is 6.77. The Kier molecular flexibility index (Phi) is 6.22. The van der Waals surface area contributed by atoms with E-state index in [0.717, 1.165) is 58.0 Å². The lowest BCUT2D eigenvalue weighted by molar-refractivity contribution is -0.00556. The van der Waals surface area contributed by atoms with Crippen LogP contribution >= 0.6 is 0 Å². The van der Waals surface area contributed by atoms with Crippen LogP contribution in [0, 0.1) is 0 Å². The summed E-state index contributed by atoms with van der Waals surface area (Å²) in [5.41, 5.74) is 3.86. The molecule has 1 saturated heterocycles. The van der Waals surface area contributed by atoms with Crippen molar-refractivity contribution in [2.45, 2.75) is 39.0 Å². The molecule has 7 nitrogen and oxygen atoms in total. The minimum atomic E-state index is -0.108. The number of aromatic nitrogens is 2. The molecular weight excluding hydrogens is 462 g/mol. The smallest absolute Gasteiger partial charge is 0.322 e. The normalized spacial score (nSPS) is 19.5. The van der Waals surface area contributed by atoms with Crippen LogP contribution in [0.5, 0.6) is 0 Å². The molecule has 1 N–H and O–H groups in total. The highest BCUT2D eigenvalue weighted by Crippen LogP contribution is 2.32. The summed E-state index contributed by atoms with van der Waals surface area (Å²) in [5, 5.41) is 5.28. The van der Waals surface area contributed by atoms with E-state index in [2.05, 4.69) is 36.2 Å². The summed E-state index contributed by atoms with van der Waals surface area (Å²) >= 11 is 0. The van der Waals surface area contributed by atoms with Crippen LogP contribution in [0.25, 0.3) is 22.2 Å². The molecule has 4 aromatic rings. The first-order valence-corrected chi connectivity index (χ1v) is 12.9. The number of anilines is 2. The highest BCUT2D eigenvalue weighted by atomic mass is 16.5. The van der Waals surface area contributed by atoms with Crippen molar-refractivity contribution in [2.75, 3.05) is 29.9 Å². The van der Waals surface area contributed by atoms with Gasteiger partial charge >= 0.3 is 6.03 Å². The summed E-state index contributed by atoms with van der Waals surface area (Å²) in [6, 6.07) is 24.1. The lowest BCUT2D eigenvalue weighted by Gasteiger charge is -2.39. The van der Waals surface area contributed by atoms with Gasteiger partial charge in [0.25, 0.3) is 0 Å². The Labute approximate surface area is 217 Å². The number of carbonyl (C=O) groups is 1. The summed E-state index contributed by atoms with van der Waals surface area (Å²) in [4.78, 5) is 27.6. The number of nitrogens with one attached hydrogen (secondary N) is 1. The molecule has 2 aliphatic rings. The average molecular weight is 494 g/mol. The molecule has 2 unspecified atom stereocenters. The van der Waals surface area contributed by atoms with Gasteiger partial charge in [-0.05, 0) is 25.3 Å². The van der Waals surface area contributed by atoms with E-state index < -0.39 is 0 Å². The van der Waals surface area contributed by atoms with Crippen LogP contribution in [0.15, 0.2) is 72.8 Å². The summed E-state index contributed by atoms with van der Waals surface area (Å²) in [5.74, 6) is 1.64. The molecule has 7 heteroatoms. The molecule has 0 bridgehead atoms. The highest BCUT2D eigenvalue weighted by molar-refractivity contribution is 6.01. The van der Waals surface area contributed by atoms with Crippen LogP contribution in [0.3, 0.4) is 0 Å². The van der Waals surface area contributed by atoms with Gasteiger partial charge in [0.05, 0.1) is 30.1 Å². The number of morpholine rings is 1. The van der Waals surface area contributed by atoms with Crippen molar-refractivity contribution < 1.29 is 9.53 Å². The predicted molar refractivity (Wildman–Crippen MR) is 147 cm³/mol. The van der Waals surface area contributed by atoms with E-state index in [-0.39, 0.29) is 18.2 Å². The zero-order valence-electron chi connectivity index (χ0n) is 21.2. The molecule has 2 amide bonds. The minimum Gasteiger partial charge on any atom is -0.372 e. The molecule has 0 aliphatic carbocycles. The monoisotopic (exact) mass is 493 g/mol. The topological polar surface area (TPSA) is 70.6 Å². The van der Waals surface area contributed by atoms with Gasteiger partial charge in [-0.3, -0.25) is 0 Å². The number of rotatable bonds is 3. The molecule has 1 aromatic heterocycles. The Bertz CT molecular complexity index is 1430. The molecule has 6 rings (SSSR count). The third-order valence-electron chi connectivity index (χ3n) is 7.11. The van der Waals surface area contributed by atoms with Crippen molar-refractivity contribution in [3.05, 3.63) is 84.1 Å². The second-order valence-electron chi connectivity index (χ2n) is 9.95. The average Bonchev–Trinajstić information content (AvgIpc) is 2.92. The highest BCUT2D eigenvalue weighted by Gasteiger charge is 2.31. The van der Waals surface area contributed by atoms with Crippen molar-refractivity contribution in [3.8, 4) is 11.4 Å². The van der Waals surface area contributed by atoms with Gasteiger partial charge in [-0.2, -0.15) is 0 Å². The molecule has 0 spiro atoms. The predicted octanol–water partition coefficient (Wildman–Crippen LogP) is 5.50. The van der Waals surface area contributed by atoms with Crippen LogP contribution in [0.4, 0.5) is 16.3 Å². The molecule has 1 fully saturated rings. The fourth-order valence-electron chi connectivity index (χ4n) is 5.43. The fraction of sp³-hybridized carbons (Fsp3) is 0.300. The quantitative estimate of drug-likeness (QED) is 0.408. The third kappa shape index (κ3) is 4.74. The molecule has 0 radical (unpaired) electrons. The van der Waals surface area contributed by atoms with Gasteiger partial charge in [-0.25, -0.2) is 14.8 Å². The minimum absolute atomic E-state index is 0.101. The Hall–Kier alpha value is -3.97. The first kappa shape index (κ1) is 23.4. The fourth-order valence-corrected chi connectivity index (χ4v) is 5.43. The van der Waals surface area contributed by atoms with Crippen molar-refractivity contribution in [1.82, 2.24) is 14.9 Å². The zero-order chi connectivity index (χ0) is 25.4. The second-order valence-corrected chi connectivity index (χ2v) is 9.95. The van der Waals surface area contributed by atoms with Gasteiger partial charge in [0, 0.05) is 42.6 Å². The number of benzene rings is 3. The number of hydrogen-bond acceptors (Lipinski definition) is 5. The van der Waals surface area contributed by atoms with Crippen molar-refractivity contribution in [2.24, 2.45) is 0 Å². The number of amides is 2. The van der Waals surface area contributed by atoms with Crippen LogP contribution in [0.2, 0.25) is 0 Å². The van der Waals surface area contributed by atoms with Gasteiger partial charge in [-0.1, -0.05) is 66.7 Å². The van der Waals surface area contributed by atoms with Crippen LogP contribution in [0.1, 0.15) is 25.1 Å². The standard InChI is InChI=1S/C30H31N5O2/c1-20-17-35(18-21(2)37-20)29-25-19-34(16-15-27(25)31-28(33-29)23-10-4-3-5-11-23)30(36)32-26-14-8-12-22-9-6-7-13-24(22)26/h3-14,20-21H,15-19H2,1-2H3,(H,32,36). The lowest BCUT2D eigenvalue weighted by atomic mass is 10.0. The third-order valence-corrected chi connectivity index (χ3v) is 7.11. The van der Waals surface area contributed by atoms with E-state index in [1.807, 2.05) is 65.6 Å². The largest absolute Gasteiger partial charge is 0.372 e. The Morgan fingerprint density at radius 2 is 1.65 bits per heavy atom. The molecule has 3 heterocycles. The molecule has 0 saturated carbocycles. The Morgan fingerprint density at radius 1 is 0.919 bits per heavy atom. The number of urea groups is 1. The number of nitrogens with zero attached hydrogens (tertiary/aromatic N) is 4. The van der Waals surface area contributed by atoms with Crippen molar-refractivity contribution >= 4 is 28.3 Å². The summed E-state index contributed by atoms with van der Waals surface area (Å²) < 4.78 is 6.00. The van der Waals surface area contributed by atoms with E-state index in [9.17, 15) is 4.79 Å². The Balaban J connectivity index is 1.33. The number of ether oxygens (including phenoxy) is 1. The van der Waals surface area contributed by atoms with E-state index in [1.54, 1.807) is 0 Å². The van der Waals surface area contributed by atoms with Gasteiger partial charge in [0.1, 0.15) is 5.82 Å². The van der Waals surface area contributed by atoms with Crippen LogP contribution in [-0.2, 0) is 17.7 Å². The molecule has 2 atom stereocenters. The van der Waals surface area contributed by atoms with Crippen molar-refractivity contribution in [3.63, 3.8) is 0 Å². The van der Waals surface area contributed by atoms with Gasteiger partial charge < -0.3 is 19.9 Å². The van der Waals surface area contributed by atoms with E-state index in [0.29, 0.717) is 19.5 Å². The maximum atomic E-state index is 13.4. The first-order chi connectivity index (χ1) is 18.0. The number of carbonyl (C=O) groups excluding carboxylic acids is 1. The van der Waals surface area contributed by atoms with E-state index in [1.165, 1.54) is 0 Å². The lowest BCUT2D eigenvalue weighted by Crippen LogP contribution is -2.47. The van der Waals surface area contributed by atoms with Gasteiger partial charge in [0.15, 0.2) is 5.82 Å². The maximum absolute atomic E-state index is 13.4. The molecular formula is C30H31N5O2. The first-order valence-electron chi connectivity index (χ1n) is 12.9. The molecule has 3 aromatic carbocycles. The number of fused-ring (bicyclic) bond motifs is 2. The Morgan fingerprint density at radius 3 is 2.46 bits per heavy atom. The summed E-state index contributed by atoms with van der Waals surface area (Å²) in [6.07, 6.45) is 0.885. The van der Waals surface area contributed by atoms with Crippen LogP contribution < -0.4 is 10.2 Å². The molecule has 188 valence electrons. The van der Waals surface area contributed by atoms with E-state index in [4.69, 9.17) is 14.7 Å². The van der Waals surface area contributed by atoms with Gasteiger partial charge in [-0.15, -0.1) is 0 Å². The maximum Gasteiger partial charge on any atom is 0.322 e. The van der Waals surface area contributed by atoms with E-state index >= 15 is 0 Å². The van der Waals surface area contributed by atoms with Crippen LogP contribution in [-0.4, -0.2) is 52.7 Å². The zero-order valence-corrected chi connectivity index (χ0v) is 21.2. The molecule has 2 aliphatic heterocycles. The second kappa shape index (κ2) is 9.82. The van der Waals surface area contributed by atoms with Gasteiger partial charge in [0.2, 0.25) is 0 Å². The SMILES string of the molecule is CC1CN(c2nc(-c3ccccc3)nc3c2CN(C(=O)Nc2cccc4ccccc24)CC3)CC(C)O1. The number of hydrogen-bond donors (Lipinski definition) is 1. The summed E-state index contributed by atoms with van der Waals surface area (Å²) in [7, 11) is 0. The van der Waals surface area contributed by atoms with Crippen molar-refractivity contribution in [1.29, 1.82) is 0 Å². The molecule has 37 heavy (non-hydrogen) atoms.